The maximum absolute atomic E-state index is 13.9. The number of benzene rings is 1. The summed E-state index contributed by atoms with van der Waals surface area (Å²) in [5.74, 6) is 0.626. The summed E-state index contributed by atoms with van der Waals surface area (Å²) < 4.78 is 5.43. The summed E-state index contributed by atoms with van der Waals surface area (Å²) in [6.45, 7) is 6.54. The van der Waals surface area contributed by atoms with Gasteiger partial charge < -0.3 is 30.4 Å². The number of aliphatic hydroxyl groups is 1. The Morgan fingerprint density at radius 2 is 1.89 bits per heavy atom. The van der Waals surface area contributed by atoms with E-state index in [1.165, 1.54) is 6.33 Å². The first-order valence-corrected chi connectivity index (χ1v) is 13.2. The molecule has 0 bridgehead atoms. The predicted molar refractivity (Wildman–Crippen MR) is 146 cm³/mol. The van der Waals surface area contributed by atoms with Crippen molar-refractivity contribution < 1.29 is 19.4 Å². The molecule has 2 amide bonds. The van der Waals surface area contributed by atoms with Gasteiger partial charge in [-0.2, -0.15) is 0 Å². The molecule has 204 valence electrons. The third-order valence-corrected chi connectivity index (χ3v) is 7.05. The van der Waals surface area contributed by atoms with Crippen molar-refractivity contribution in [3.05, 3.63) is 53.4 Å². The summed E-state index contributed by atoms with van der Waals surface area (Å²) in [6.07, 6.45) is 4.10. The maximum atomic E-state index is 13.9. The van der Waals surface area contributed by atoms with Gasteiger partial charge >= 0.3 is 6.09 Å². The molecule has 1 fully saturated rings. The molecule has 0 spiro atoms. The molecular formula is C27H35ClN6O4. The molecule has 1 aliphatic heterocycles. The molecule has 11 heteroatoms. The summed E-state index contributed by atoms with van der Waals surface area (Å²) in [7, 11) is 0. The number of hydrogen-bond acceptors (Lipinski definition) is 7. The number of piperidine rings is 1. The summed E-state index contributed by atoms with van der Waals surface area (Å²) >= 11 is 6.05. The number of aromatic amines is 1. The number of nitrogens with zero attached hydrogens (tertiary/aromatic N) is 3. The minimum Gasteiger partial charge on any atom is -0.444 e. The van der Waals surface area contributed by atoms with Gasteiger partial charge in [0.25, 0.3) is 0 Å². The normalized spacial score (nSPS) is 16.2. The molecule has 1 atom stereocenters. The van der Waals surface area contributed by atoms with Gasteiger partial charge in [0.15, 0.2) is 0 Å². The van der Waals surface area contributed by atoms with Gasteiger partial charge in [0.1, 0.15) is 23.4 Å². The van der Waals surface area contributed by atoms with Crippen molar-refractivity contribution in [3.63, 3.8) is 0 Å². The zero-order chi connectivity index (χ0) is 27.3. The molecule has 3 aromatic rings. The van der Waals surface area contributed by atoms with E-state index in [-0.39, 0.29) is 19.1 Å². The van der Waals surface area contributed by atoms with Gasteiger partial charge in [-0.25, -0.2) is 14.8 Å². The zero-order valence-corrected chi connectivity index (χ0v) is 22.7. The highest BCUT2D eigenvalue weighted by atomic mass is 35.5. The van der Waals surface area contributed by atoms with E-state index >= 15 is 0 Å². The first kappa shape index (κ1) is 27.7. The van der Waals surface area contributed by atoms with Crippen LogP contribution in [0.1, 0.15) is 51.6 Å². The molecule has 0 unspecified atom stereocenters. The van der Waals surface area contributed by atoms with Gasteiger partial charge in [-0.05, 0) is 63.8 Å². The van der Waals surface area contributed by atoms with Crippen LogP contribution >= 0.6 is 11.6 Å². The standard InChI is InChI=1S/C27H35ClN6O4/c1-26(2,3)38-25(37)30-16-27(24(36)33-21(9-15-35)18-4-6-19(28)7-5-18)10-13-34(14-11-27)23-20-8-12-29-22(20)31-17-32-23/h4-8,12,17,21,35H,9-11,13-16H2,1-3H3,(H,30,37)(H,33,36)(H,29,31,32)/t21-/m0/s1. The first-order chi connectivity index (χ1) is 18.1. The number of alkyl carbamates (subject to hydrolysis) is 1. The zero-order valence-electron chi connectivity index (χ0n) is 22.0. The quantitative estimate of drug-likeness (QED) is 0.338. The van der Waals surface area contributed by atoms with E-state index in [9.17, 15) is 14.7 Å². The van der Waals surface area contributed by atoms with E-state index in [4.69, 9.17) is 16.3 Å². The smallest absolute Gasteiger partial charge is 0.407 e. The van der Waals surface area contributed by atoms with Crippen molar-refractivity contribution in [2.75, 3.05) is 31.1 Å². The van der Waals surface area contributed by atoms with Crippen LogP contribution in [-0.4, -0.2) is 63.9 Å². The number of amides is 2. The number of hydrogen-bond donors (Lipinski definition) is 4. The fourth-order valence-corrected chi connectivity index (χ4v) is 4.88. The fourth-order valence-electron chi connectivity index (χ4n) is 4.75. The van der Waals surface area contributed by atoms with Gasteiger partial charge in [0.05, 0.1) is 16.8 Å². The lowest BCUT2D eigenvalue weighted by atomic mass is 9.76. The van der Waals surface area contributed by atoms with E-state index in [1.54, 1.807) is 32.9 Å². The number of H-pyrrole nitrogens is 1. The topological polar surface area (TPSA) is 132 Å². The van der Waals surface area contributed by atoms with Crippen LogP contribution in [0.5, 0.6) is 0 Å². The number of aromatic nitrogens is 3. The minimum absolute atomic E-state index is 0.0924. The number of carbonyl (C=O) groups excluding carboxylic acids is 2. The van der Waals surface area contributed by atoms with Gasteiger partial charge in [-0.3, -0.25) is 4.79 Å². The molecule has 1 saturated heterocycles. The van der Waals surface area contributed by atoms with Crippen molar-refractivity contribution >= 4 is 40.5 Å². The Morgan fingerprint density at radius 3 is 2.55 bits per heavy atom. The van der Waals surface area contributed by atoms with Crippen LogP contribution in [-0.2, 0) is 9.53 Å². The van der Waals surface area contributed by atoms with Crippen LogP contribution in [0, 0.1) is 5.41 Å². The summed E-state index contributed by atoms with van der Waals surface area (Å²) in [4.78, 5) is 40.4. The molecule has 4 N–H and O–H groups in total. The van der Waals surface area contributed by atoms with Gasteiger partial charge in [-0.15, -0.1) is 0 Å². The molecule has 1 aliphatic rings. The second kappa shape index (κ2) is 11.6. The Hall–Kier alpha value is -3.37. The van der Waals surface area contributed by atoms with E-state index in [0.717, 1.165) is 22.4 Å². The Kier molecular flexibility index (Phi) is 8.42. The molecule has 0 aliphatic carbocycles. The second-order valence-electron chi connectivity index (χ2n) is 10.6. The number of halogens is 1. The molecular weight excluding hydrogens is 508 g/mol. The number of aliphatic hydroxyl groups excluding tert-OH is 1. The Bertz CT molecular complexity index is 1250. The molecule has 0 saturated carbocycles. The first-order valence-electron chi connectivity index (χ1n) is 12.8. The summed E-state index contributed by atoms with van der Waals surface area (Å²) in [6, 6.07) is 8.74. The predicted octanol–water partition coefficient (Wildman–Crippen LogP) is 3.96. The van der Waals surface area contributed by atoms with E-state index < -0.39 is 23.2 Å². The Morgan fingerprint density at radius 1 is 1.18 bits per heavy atom. The number of nitrogens with one attached hydrogen (secondary N) is 3. The van der Waals surface area contributed by atoms with Crippen LogP contribution in [0.2, 0.25) is 5.02 Å². The van der Waals surface area contributed by atoms with Crippen molar-refractivity contribution in [1.82, 2.24) is 25.6 Å². The SMILES string of the molecule is CC(C)(C)OC(=O)NCC1(C(=O)N[C@@H](CCO)c2ccc(Cl)cc2)CCN(c2ncnc3[nH]ccc23)CC1. The molecule has 0 radical (unpaired) electrons. The van der Waals surface area contributed by atoms with E-state index in [1.807, 2.05) is 24.4 Å². The van der Waals surface area contributed by atoms with Crippen LogP contribution in [0.25, 0.3) is 11.0 Å². The van der Waals surface area contributed by atoms with Crippen molar-refractivity contribution in [3.8, 4) is 0 Å². The van der Waals surface area contributed by atoms with E-state index in [2.05, 4.69) is 30.5 Å². The Labute approximate surface area is 227 Å². The Balaban J connectivity index is 1.54. The average molecular weight is 543 g/mol. The van der Waals surface area contributed by atoms with Crippen molar-refractivity contribution in [2.45, 2.75) is 51.7 Å². The highest BCUT2D eigenvalue weighted by Gasteiger charge is 2.43. The monoisotopic (exact) mass is 542 g/mol. The lowest BCUT2D eigenvalue weighted by Gasteiger charge is -2.42. The highest BCUT2D eigenvalue weighted by molar-refractivity contribution is 6.30. The highest BCUT2D eigenvalue weighted by Crippen LogP contribution is 2.36. The molecule has 2 aromatic heterocycles. The lowest BCUT2D eigenvalue weighted by molar-refractivity contribution is -0.133. The minimum atomic E-state index is -0.877. The van der Waals surface area contributed by atoms with Crippen molar-refractivity contribution in [1.29, 1.82) is 0 Å². The molecule has 4 rings (SSSR count). The lowest BCUT2D eigenvalue weighted by Crippen LogP contribution is -2.55. The summed E-state index contributed by atoms with van der Waals surface area (Å²) in [5, 5.41) is 17.2. The average Bonchev–Trinajstić information content (AvgIpc) is 3.36. The third kappa shape index (κ3) is 6.54. The molecule has 3 heterocycles. The van der Waals surface area contributed by atoms with Crippen LogP contribution < -0.4 is 15.5 Å². The number of rotatable bonds is 8. The van der Waals surface area contributed by atoms with Crippen LogP contribution in [0.15, 0.2) is 42.9 Å². The number of anilines is 1. The maximum Gasteiger partial charge on any atom is 0.407 e. The largest absolute Gasteiger partial charge is 0.444 e. The fraction of sp³-hybridized carbons (Fsp3) is 0.481. The third-order valence-electron chi connectivity index (χ3n) is 6.80. The van der Waals surface area contributed by atoms with Gasteiger partial charge in [-0.1, -0.05) is 23.7 Å². The molecule has 10 nitrogen and oxygen atoms in total. The number of ether oxygens (including phenoxy) is 1. The second-order valence-corrected chi connectivity index (χ2v) is 11.1. The van der Waals surface area contributed by atoms with Crippen molar-refractivity contribution in [2.24, 2.45) is 5.41 Å². The number of fused-ring (bicyclic) bond motifs is 1. The van der Waals surface area contributed by atoms with Gasteiger partial charge in [0, 0.05) is 37.5 Å². The van der Waals surface area contributed by atoms with Gasteiger partial charge in [0.2, 0.25) is 5.91 Å². The summed E-state index contributed by atoms with van der Waals surface area (Å²) in [5.41, 5.74) is 0.0718. The van der Waals surface area contributed by atoms with E-state index in [0.29, 0.717) is 37.4 Å². The molecule has 1 aromatic carbocycles. The molecule has 38 heavy (non-hydrogen) atoms. The number of carbonyl (C=O) groups is 2. The van der Waals surface area contributed by atoms with Crippen LogP contribution in [0.3, 0.4) is 0 Å². The van der Waals surface area contributed by atoms with Crippen LogP contribution in [0.4, 0.5) is 10.6 Å².